The average molecular weight is 546 g/mol. The van der Waals surface area contributed by atoms with Crippen molar-refractivity contribution in [1.82, 2.24) is 15.2 Å². The van der Waals surface area contributed by atoms with E-state index in [9.17, 15) is 4.79 Å². The van der Waals surface area contributed by atoms with E-state index in [2.05, 4.69) is 27.3 Å². The van der Waals surface area contributed by atoms with Gasteiger partial charge in [0.05, 0.1) is 20.8 Å². The molecular formula is C30H31N3O5S. The topological polar surface area (TPSA) is 82.2 Å². The van der Waals surface area contributed by atoms with Crippen LogP contribution in [0.3, 0.4) is 0 Å². The second kappa shape index (κ2) is 12.6. The van der Waals surface area contributed by atoms with Gasteiger partial charge in [-0.3, -0.25) is 9.69 Å². The van der Waals surface area contributed by atoms with Gasteiger partial charge in [-0.15, -0.1) is 11.3 Å². The van der Waals surface area contributed by atoms with Crippen LogP contribution < -0.4 is 24.3 Å². The van der Waals surface area contributed by atoms with Crippen LogP contribution in [0.5, 0.6) is 23.0 Å². The normalized spacial score (nSPS) is 12.0. The summed E-state index contributed by atoms with van der Waals surface area (Å²) in [6.07, 6.45) is 0.806. The predicted octanol–water partition coefficient (Wildman–Crippen LogP) is 5.06. The van der Waals surface area contributed by atoms with E-state index in [4.69, 9.17) is 18.9 Å². The summed E-state index contributed by atoms with van der Waals surface area (Å²) in [4.78, 5) is 19.7. The van der Waals surface area contributed by atoms with Gasteiger partial charge in [-0.2, -0.15) is 0 Å². The van der Waals surface area contributed by atoms with E-state index in [0.717, 1.165) is 46.2 Å². The smallest absolute Gasteiger partial charge is 0.271 e. The second-order valence-corrected chi connectivity index (χ2v) is 10.1. The van der Waals surface area contributed by atoms with Crippen molar-refractivity contribution in [3.63, 3.8) is 0 Å². The van der Waals surface area contributed by atoms with Crippen LogP contribution in [0, 0.1) is 0 Å². The Morgan fingerprint density at radius 3 is 2.54 bits per heavy atom. The lowest BCUT2D eigenvalue weighted by molar-refractivity contribution is 0.0946. The number of amides is 1. The third kappa shape index (κ3) is 6.87. The van der Waals surface area contributed by atoms with E-state index in [1.165, 1.54) is 11.3 Å². The van der Waals surface area contributed by atoms with Gasteiger partial charge in [0, 0.05) is 25.0 Å². The highest BCUT2D eigenvalue weighted by atomic mass is 32.1. The molecule has 1 amide bonds. The van der Waals surface area contributed by atoms with Gasteiger partial charge in [-0.1, -0.05) is 42.5 Å². The van der Waals surface area contributed by atoms with Crippen LogP contribution in [0.1, 0.15) is 32.2 Å². The largest absolute Gasteiger partial charge is 0.493 e. The first-order chi connectivity index (χ1) is 19.1. The molecule has 0 unspecified atom stereocenters. The number of carbonyl (C=O) groups excluding carboxylic acids is 1. The zero-order valence-corrected chi connectivity index (χ0v) is 22.8. The number of rotatable bonds is 12. The number of benzene rings is 3. The highest BCUT2D eigenvalue weighted by molar-refractivity contribution is 7.09. The predicted molar refractivity (Wildman–Crippen MR) is 150 cm³/mol. The lowest BCUT2D eigenvalue weighted by Crippen LogP contribution is -2.26. The number of nitrogens with zero attached hydrogens (tertiary/aromatic N) is 2. The van der Waals surface area contributed by atoms with E-state index >= 15 is 0 Å². The maximum atomic E-state index is 12.7. The summed E-state index contributed by atoms with van der Waals surface area (Å²) < 4.78 is 21.9. The average Bonchev–Trinajstić information content (AvgIpc) is 3.64. The lowest BCUT2D eigenvalue weighted by atomic mass is 10.1. The molecule has 1 aromatic heterocycles. The molecule has 5 rings (SSSR count). The van der Waals surface area contributed by atoms with Gasteiger partial charge in [0.1, 0.15) is 10.7 Å². The molecule has 2 heterocycles. The SMILES string of the molecule is COc1ccc(CCN(Cc2ccc3c(c2)OCO3)Cc2nc(C(=O)NCc3ccccc3)cs2)cc1OC. The Bertz CT molecular complexity index is 1410. The minimum atomic E-state index is -0.172. The number of nitrogens with one attached hydrogen (secondary N) is 1. The fourth-order valence-corrected chi connectivity index (χ4v) is 5.20. The summed E-state index contributed by atoms with van der Waals surface area (Å²) in [5, 5.41) is 5.66. The maximum absolute atomic E-state index is 12.7. The van der Waals surface area contributed by atoms with E-state index in [1.54, 1.807) is 14.2 Å². The fourth-order valence-electron chi connectivity index (χ4n) is 4.38. The Morgan fingerprint density at radius 1 is 0.923 bits per heavy atom. The quantitative estimate of drug-likeness (QED) is 0.266. The minimum Gasteiger partial charge on any atom is -0.493 e. The molecule has 1 aliphatic heterocycles. The van der Waals surface area contributed by atoms with Crippen molar-refractivity contribution in [3.05, 3.63) is 99.5 Å². The van der Waals surface area contributed by atoms with Crippen molar-refractivity contribution < 1.29 is 23.7 Å². The number of hydrogen-bond acceptors (Lipinski definition) is 8. The van der Waals surface area contributed by atoms with Crippen LogP contribution in [0.15, 0.2) is 72.1 Å². The molecule has 4 aromatic rings. The zero-order valence-electron chi connectivity index (χ0n) is 22.0. The molecule has 9 heteroatoms. The fraction of sp³-hybridized carbons (Fsp3) is 0.267. The highest BCUT2D eigenvalue weighted by Gasteiger charge is 2.17. The Balaban J connectivity index is 1.27. The number of carbonyl (C=O) groups is 1. The van der Waals surface area contributed by atoms with Crippen LogP contribution in [-0.4, -0.2) is 43.3 Å². The van der Waals surface area contributed by atoms with Crippen LogP contribution in [0.25, 0.3) is 0 Å². The molecule has 0 atom stereocenters. The highest BCUT2D eigenvalue weighted by Crippen LogP contribution is 2.33. The van der Waals surface area contributed by atoms with Gasteiger partial charge in [-0.25, -0.2) is 4.98 Å². The Hall–Kier alpha value is -4.08. The molecule has 0 spiro atoms. The first kappa shape index (κ1) is 26.5. The Morgan fingerprint density at radius 2 is 1.72 bits per heavy atom. The van der Waals surface area contributed by atoms with Crippen molar-refractivity contribution >= 4 is 17.2 Å². The molecule has 0 radical (unpaired) electrons. The number of hydrogen-bond donors (Lipinski definition) is 1. The summed E-state index contributed by atoms with van der Waals surface area (Å²) in [7, 11) is 3.28. The van der Waals surface area contributed by atoms with Gasteiger partial charge in [0.15, 0.2) is 23.0 Å². The first-order valence-electron chi connectivity index (χ1n) is 12.7. The van der Waals surface area contributed by atoms with Crippen LogP contribution in [-0.2, 0) is 26.1 Å². The van der Waals surface area contributed by atoms with Gasteiger partial charge >= 0.3 is 0 Å². The molecule has 1 aliphatic rings. The van der Waals surface area contributed by atoms with Crippen molar-refractivity contribution in [2.75, 3.05) is 27.6 Å². The van der Waals surface area contributed by atoms with Crippen molar-refractivity contribution in [1.29, 1.82) is 0 Å². The van der Waals surface area contributed by atoms with E-state index in [1.807, 2.05) is 60.0 Å². The van der Waals surface area contributed by atoms with Gasteiger partial charge in [0.2, 0.25) is 6.79 Å². The first-order valence-corrected chi connectivity index (χ1v) is 13.6. The molecule has 0 saturated heterocycles. The lowest BCUT2D eigenvalue weighted by Gasteiger charge is -2.22. The zero-order chi connectivity index (χ0) is 27.0. The molecule has 0 bridgehead atoms. The maximum Gasteiger partial charge on any atom is 0.271 e. The van der Waals surface area contributed by atoms with Crippen molar-refractivity contribution in [2.45, 2.75) is 26.1 Å². The third-order valence-corrected chi connectivity index (χ3v) is 7.28. The molecule has 0 saturated carbocycles. The third-order valence-electron chi connectivity index (χ3n) is 6.45. The van der Waals surface area contributed by atoms with E-state index < -0.39 is 0 Å². The number of aromatic nitrogens is 1. The number of methoxy groups -OCH3 is 2. The summed E-state index contributed by atoms with van der Waals surface area (Å²) in [5.74, 6) is 2.78. The number of ether oxygens (including phenoxy) is 4. The minimum absolute atomic E-state index is 0.172. The summed E-state index contributed by atoms with van der Waals surface area (Å²) in [6.45, 7) is 2.79. The van der Waals surface area contributed by atoms with Gasteiger partial charge in [-0.05, 0) is 47.4 Å². The Kier molecular flexibility index (Phi) is 8.60. The number of thiazole rings is 1. The van der Waals surface area contributed by atoms with Crippen LogP contribution in [0.2, 0.25) is 0 Å². The van der Waals surface area contributed by atoms with Gasteiger partial charge in [0.25, 0.3) is 5.91 Å². The number of fused-ring (bicyclic) bond motifs is 1. The molecule has 0 aliphatic carbocycles. The summed E-state index contributed by atoms with van der Waals surface area (Å²) in [5.41, 5.74) is 3.74. The molecule has 8 nitrogen and oxygen atoms in total. The van der Waals surface area contributed by atoms with Crippen molar-refractivity contribution in [3.8, 4) is 23.0 Å². The monoisotopic (exact) mass is 545 g/mol. The summed E-state index contributed by atoms with van der Waals surface area (Å²) >= 11 is 1.50. The van der Waals surface area contributed by atoms with E-state index in [0.29, 0.717) is 36.8 Å². The second-order valence-electron chi connectivity index (χ2n) is 9.13. The van der Waals surface area contributed by atoms with Crippen LogP contribution >= 0.6 is 11.3 Å². The molecule has 3 aromatic carbocycles. The molecule has 1 N–H and O–H groups in total. The molecule has 0 fully saturated rings. The molecular weight excluding hydrogens is 514 g/mol. The van der Waals surface area contributed by atoms with E-state index in [-0.39, 0.29) is 12.7 Å². The van der Waals surface area contributed by atoms with Crippen LogP contribution in [0.4, 0.5) is 0 Å². The standard InChI is InChI=1S/C30H31N3O5S/c1-35-25-10-8-21(14-27(25)36-2)12-13-33(17-23-9-11-26-28(15-23)38-20-37-26)18-29-32-24(19-39-29)30(34)31-16-22-6-4-3-5-7-22/h3-11,14-15,19H,12-13,16-18,20H2,1-2H3,(H,31,34). The summed E-state index contributed by atoms with van der Waals surface area (Å²) in [6, 6.07) is 21.9. The van der Waals surface area contributed by atoms with Crippen molar-refractivity contribution in [2.24, 2.45) is 0 Å². The van der Waals surface area contributed by atoms with Gasteiger partial charge < -0.3 is 24.3 Å². The Labute approximate surface area is 232 Å². The molecule has 39 heavy (non-hydrogen) atoms. The molecule has 202 valence electrons.